The van der Waals surface area contributed by atoms with Gasteiger partial charge in [-0.3, -0.25) is 19.2 Å². The Hall–Kier alpha value is -4.74. The number of fused-ring (bicyclic) bond motifs is 3. The highest BCUT2D eigenvalue weighted by atomic mass is 32.2. The van der Waals surface area contributed by atoms with E-state index in [0.717, 1.165) is 32.6 Å². The van der Waals surface area contributed by atoms with Crippen molar-refractivity contribution in [1.82, 2.24) is 4.98 Å². The Morgan fingerprint density at radius 3 is 2.44 bits per heavy atom. The Bertz CT molecular complexity index is 1950. The maximum atomic E-state index is 13.8. The van der Waals surface area contributed by atoms with Gasteiger partial charge >= 0.3 is 4.87 Å². The molecule has 11 heteroatoms. The number of thiazole rings is 1. The molecule has 2 aliphatic heterocycles. The van der Waals surface area contributed by atoms with Gasteiger partial charge in [-0.1, -0.05) is 71.6 Å². The Balaban J connectivity index is 1.12. The average molecular weight is 612 g/mol. The zero-order valence-corrected chi connectivity index (χ0v) is 23.9. The van der Waals surface area contributed by atoms with E-state index in [4.69, 9.17) is 4.74 Å². The lowest BCUT2D eigenvalue weighted by Gasteiger charge is -2.29. The third kappa shape index (κ3) is 4.90. The van der Waals surface area contributed by atoms with Gasteiger partial charge in [0.15, 0.2) is 6.61 Å². The van der Waals surface area contributed by atoms with Crippen molar-refractivity contribution in [3.05, 3.63) is 117 Å². The van der Waals surface area contributed by atoms with Gasteiger partial charge in [0.25, 0.3) is 5.91 Å². The fourth-order valence-electron chi connectivity index (χ4n) is 5.66. The van der Waals surface area contributed by atoms with E-state index in [-0.39, 0.29) is 17.4 Å². The van der Waals surface area contributed by atoms with Crippen LogP contribution in [-0.2, 0) is 14.4 Å². The van der Waals surface area contributed by atoms with Gasteiger partial charge in [0.05, 0.1) is 16.6 Å². The molecule has 8 nitrogen and oxygen atoms in total. The second-order valence-corrected chi connectivity index (χ2v) is 12.3. The van der Waals surface area contributed by atoms with Crippen LogP contribution in [0.1, 0.15) is 16.4 Å². The Morgan fingerprint density at radius 1 is 0.907 bits per heavy atom. The van der Waals surface area contributed by atoms with E-state index in [0.29, 0.717) is 27.0 Å². The molecule has 0 radical (unpaired) electrons. The number of amides is 3. The number of benzene rings is 4. The number of aromatic amines is 1. The molecule has 2 unspecified atom stereocenters. The van der Waals surface area contributed by atoms with Crippen molar-refractivity contribution in [3.8, 4) is 5.75 Å². The van der Waals surface area contributed by atoms with E-state index in [1.807, 2.05) is 42.5 Å². The first kappa shape index (κ1) is 27.1. The topological polar surface area (TPSA) is 109 Å². The van der Waals surface area contributed by atoms with Gasteiger partial charge in [-0.25, -0.2) is 9.29 Å². The first-order valence-electron chi connectivity index (χ1n) is 13.4. The highest BCUT2D eigenvalue weighted by molar-refractivity contribution is 8.00. The third-order valence-corrected chi connectivity index (χ3v) is 9.98. The van der Waals surface area contributed by atoms with Crippen molar-refractivity contribution in [2.45, 2.75) is 16.2 Å². The lowest BCUT2D eigenvalue weighted by atomic mass is 9.83. The van der Waals surface area contributed by atoms with Crippen LogP contribution < -0.4 is 19.8 Å². The number of hydrogen-bond acceptors (Lipinski definition) is 7. The van der Waals surface area contributed by atoms with Crippen LogP contribution in [0.25, 0.3) is 10.8 Å². The van der Waals surface area contributed by atoms with E-state index in [1.165, 1.54) is 36.0 Å². The van der Waals surface area contributed by atoms with Crippen LogP contribution in [-0.4, -0.2) is 34.6 Å². The Kier molecular flexibility index (Phi) is 6.83. The van der Waals surface area contributed by atoms with E-state index < -0.39 is 34.7 Å². The molecule has 3 heterocycles. The molecule has 0 saturated carbocycles. The van der Waals surface area contributed by atoms with Crippen LogP contribution in [0.5, 0.6) is 5.75 Å². The zero-order valence-electron chi connectivity index (χ0n) is 22.3. The van der Waals surface area contributed by atoms with Crippen molar-refractivity contribution in [1.29, 1.82) is 0 Å². The summed E-state index contributed by atoms with van der Waals surface area (Å²) < 4.78 is 19.3. The molecule has 7 rings (SSSR count). The van der Waals surface area contributed by atoms with Crippen LogP contribution in [0.15, 0.2) is 101 Å². The van der Waals surface area contributed by atoms with Crippen LogP contribution in [0.2, 0.25) is 0 Å². The number of halogens is 1. The van der Waals surface area contributed by atoms with Crippen molar-refractivity contribution in [2.75, 3.05) is 16.8 Å². The minimum absolute atomic E-state index is 0.212. The van der Waals surface area contributed by atoms with Gasteiger partial charge in [0.2, 0.25) is 11.8 Å². The highest BCUT2D eigenvalue weighted by Gasteiger charge is 2.56. The standard InChI is InChI=1S/C32H22FN3O5S2/c33-19-10-12-20(13-11-19)36-30(38)26-25(27-29(35-32(40)43-27)42-28(26)31(36)39)18-8-14-21(15-9-18)41-16-24(37)34-23-7-3-5-17-4-1-2-6-22(17)23/h1-15,25-26,28H,16H2,(H,34,37)(H,35,40)/t25-,26?,28?/m1/s1. The number of H-pyrrole nitrogens is 1. The molecule has 2 aliphatic rings. The molecule has 2 N–H and O–H groups in total. The van der Waals surface area contributed by atoms with E-state index >= 15 is 0 Å². The van der Waals surface area contributed by atoms with Crippen molar-refractivity contribution >= 4 is 63.0 Å². The van der Waals surface area contributed by atoms with Gasteiger partial charge in [0.1, 0.15) is 16.8 Å². The van der Waals surface area contributed by atoms with Crippen molar-refractivity contribution < 1.29 is 23.5 Å². The Labute approximate surface area is 252 Å². The second-order valence-electron chi connectivity index (χ2n) is 10.2. The van der Waals surface area contributed by atoms with Gasteiger partial charge in [0, 0.05) is 21.9 Å². The van der Waals surface area contributed by atoms with Gasteiger partial charge in [-0.2, -0.15) is 0 Å². The maximum Gasteiger partial charge on any atom is 0.305 e. The number of carbonyl (C=O) groups is 3. The summed E-state index contributed by atoms with van der Waals surface area (Å²) in [6.45, 7) is -0.212. The molecule has 0 bridgehead atoms. The monoisotopic (exact) mass is 611 g/mol. The summed E-state index contributed by atoms with van der Waals surface area (Å²) in [4.78, 5) is 56.6. The summed E-state index contributed by atoms with van der Waals surface area (Å²) in [7, 11) is 0. The number of ether oxygens (including phenoxy) is 1. The summed E-state index contributed by atoms with van der Waals surface area (Å²) in [6.07, 6.45) is 0. The number of hydrogen-bond donors (Lipinski definition) is 2. The second kappa shape index (κ2) is 10.8. The SMILES string of the molecule is O=C(COc1ccc([C@H]2c3sc(=O)[nH]c3SC3C(=O)N(c4ccc(F)cc4)C(=O)C32)cc1)Nc1cccc2ccccc12. The predicted octanol–water partition coefficient (Wildman–Crippen LogP) is 5.54. The fourth-order valence-corrected chi connectivity index (χ4v) is 8.18. The number of rotatable bonds is 6. The van der Waals surface area contributed by atoms with Crippen molar-refractivity contribution in [3.63, 3.8) is 0 Å². The average Bonchev–Trinajstić information content (AvgIpc) is 3.51. The van der Waals surface area contributed by atoms with E-state index in [1.54, 1.807) is 24.3 Å². The first-order chi connectivity index (χ1) is 20.9. The quantitative estimate of drug-likeness (QED) is 0.244. The van der Waals surface area contributed by atoms with E-state index in [9.17, 15) is 23.6 Å². The summed E-state index contributed by atoms with van der Waals surface area (Å²) in [5.74, 6) is -2.48. The summed E-state index contributed by atoms with van der Waals surface area (Å²) in [5.41, 5.74) is 1.72. The predicted molar refractivity (Wildman–Crippen MR) is 163 cm³/mol. The largest absolute Gasteiger partial charge is 0.484 e. The highest BCUT2D eigenvalue weighted by Crippen LogP contribution is 2.53. The number of imide groups is 1. The fraction of sp³-hybridized carbons (Fsp3) is 0.125. The van der Waals surface area contributed by atoms with E-state index in [2.05, 4.69) is 10.3 Å². The van der Waals surface area contributed by atoms with Gasteiger partial charge < -0.3 is 15.0 Å². The minimum atomic E-state index is -0.764. The molecule has 0 aliphatic carbocycles. The molecule has 1 fully saturated rings. The van der Waals surface area contributed by atoms with Crippen LogP contribution in [0, 0.1) is 11.7 Å². The number of nitrogens with one attached hydrogen (secondary N) is 2. The molecule has 5 aromatic rings. The lowest BCUT2D eigenvalue weighted by molar-refractivity contribution is -0.122. The third-order valence-electron chi connectivity index (χ3n) is 7.58. The molecular formula is C32H22FN3O5S2. The molecule has 4 aromatic carbocycles. The smallest absolute Gasteiger partial charge is 0.305 e. The molecule has 3 amide bonds. The zero-order chi connectivity index (χ0) is 29.7. The number of thioether (sulfide) groups is 1. The van der Waals surface area contributed by atoms with Gasteiger partial charge in [-0.05, 0) is 53.4 Å². The summed E-state index contributed by atoms with van der Waals surface area (Å²) in [5, 5.41) is 4.64. The Morgan fingerprint density at radius 2 is 1.65 bits per heavy atom. The molecule has 1 saturated heterocycles. The van der Waals surface area contributed by atoms with Gasteiger partial charge in [-0.15, -0.1) is 0 Å². The number of aromatic nitrogens is 1. The molecule has 43 heavy (non-hydrogen) atoms. The van der Waals surface area contributed by atoms with Crippen LogP contribution >= 0.6 is 23.1 Å². The first-order valence-corrected chi connectivity index (χ1v) is 15.1. The molecule has 3 atom stereocenters. The summed E-state index contributed by atoms with van der Waals surface area (Å²) in [6, 6.07) is 25.6. The lowest BCUT2D eigenvalue weighted by Crippen LogP contribution is -2.32. The van der Waals surface area contributed by atoms with Crippen LogP contribution in [0.4, 0.5) is 15.8 Å². The molecular weight excluding hydrogens is 590 g/mol. The molecule has 1 aromatic heterocycles. The van der Waals surface area contributed by atoms with Crippen molar-refractivity contribution in [2.24, 2.45) is 5.92 Å². The number of anilines is 2. The minimum Gasteiger partial charge on any atom is -0.484 e. The summed E-state index contributed by atoms with van der Waals surface area (Å²) >= 11 is 2.19. The maximum absolute atomic E-state index is 13.8. The molecule has 214 valence electrons. The molecule has 0 spiro atoms. The number of nitrogens with zero attached hydrogens (tertiary/aromatic N) is 1. The van der Waals surface area contributed by atoms with Crippen LogP contribution in [0.3, 0.4) is 0 Å². The normalized spacial score (nSPS) is 19.3. The number of carbonyl (C=O) groups excluding carboxylic acids is 3.